The van der Waals surface area contributed by atoms with Crippen molar-refractivity contribution in [3.05, 3.63) is 122 Å². The molecule has 0 amide bonds. The lowest BCUT2D eigenvalue weighted by atomic mass is 9.98. The fourth-order valence-corrected chi connectivity index (χ4v) is 9.14. The minimum absolute atomic E-state index is 0.0261. The van der Waals surface area contributed by atoms with Crippen molar-refractivity contribution in [1.82, 2.24) is 0 Å². The molecule has 1 aliphatic heterocycles. The highest BCUT2D eigenvalue weighted by atomic mass is 16.7. The van der Waals surface area contributed by atoms with Crippen molar-refractivity contribution in [2.45, 2.75) is 289 Å². The van der Waals surface area contributed by atoms with Gasteiger partial charge >= 0.3 is 23.9 Å². The standard InChI is InChI=1S/C71H114O12/c1-4-7-10-13-16-19-22-25-28-31-32-35-36-39-42-45-48-51-54-57-63(72)79-60-62(81-64(73)58-55-52-49-46-43-40-37-33-29-26-23-20-17-14-11-8-5-2)61-80-71-69(67(76)66(75)68(83-71)70(77)78)82-65(74)59-56-53-50-47-44-41-38-34-30-27-24-21-18-15-12-9-6-3/h7,9-10,12,16,18-19,21,25,27-28,30,32,35,38-39,41-42,47,50,62,66-69,71,75-76H,4-6,8,11,13-15,17,20,22-24,26,29,31,33-34,36-37,40,43-46,48-49,51-61H2,1-3H3,(H,77,78)/b10-7-,12-9-,19-16-,21-18-,28-25-,30-27-,35-32-,41-38-,42-39-,50-47-. The predicted octanol–water partition coefficient (Wildman–Crippen LogP) is 17.6. The van der Waals surface area contributed by atoms with E-state index in [1.165, 1.54) is 83.5 Å². The van der Waals surface area contributed by atoms with Crippen LogP contribution in [0.1, 0.15) is 252 Å². The van der Waals surface area contributed by atoms with E-state index in [9.17, 15) is 34.5 Å². The van der Waals surface area contributed by atoms with Gasteiger partial charge in [-0.3, -0.25) is 14.4 Å². The van der Waals surface area contributed by atoms with Crippen LogP contribution in [0, 0.1) is 0 Å². The zero-order valence-electron chi connectivity index (χ0n) is 51.9. The number of ether oxygens (including phenoxy) is 5. The zero-order valence-corrected chi connectivity index (χ0v) is 51.9. The van der Waals surface area contributed by atoms with Gasteiger partial charge in [0.2, 0.25) is 0 Å². The van der Waals surface area contributed by atoms with Gasteiger partial charge in [-0.05, 0) is 103 Å². The Morgan fingerprint density at radius 1 is 0.410 bits per heavy atom. The Morgan fingerprint density at radius 3 is 1.19 bits per heavy atom. The molecule has 12 nitrogen and oxygen atoms in total. The van der Waals surface area contributed by atoms with Crippen molar-refractivity contribution in [3.8, 4) is 0 Å². The minimum atomic E-state index is -1.93. The summed E-state index contributed by atoms with van der Waals surface area (Å²) in [5.74, 6) is -3.24. The molecule has 6 unspecified atom stereocenters. The Kier molecular flexibility index (Phi) is 52.8. The van der Waals surface area contributed by atoms with E-state index in [4.69, 9.17) is 23.7 Å². The number of rotatable bonds is 54. The summed E-state index contributed by atoms with van der Waals surface area (Å²) in [5, 5.41) is 31.6. The fourth-order valence-electron chi connectivity index (χ4n) is 9.14. The lowest BCUT2D eigenvalue weighted by Gasteiger charge is -2.40. The molecule has 0 aromatic rings. The third-order valence-corrected chi connectivity index (χ3v) is 14.0. The molecule has 0 aliphatic carbocycles. The minimum Gasteiger partial charge on any atom is -0.479 e. The van der Waals surface area contributed by atoms with Gasteiger partial charge in [-0.25, -0.2) is 4.79 Å². The molecule has 0 aromatic heterocycles. The number of hydrogen-bond donors (Lipinski definition) is 3. The number of carboxylic acids is 1. The molecule has 0 radical (unpaired) electrons. The molecular weight excluding hydrogens is 1040 g/mol. The number of hydrogen-bond acceptors (Lipinski definition) is 11. The summed E-state index contributed by atoms with van der Waals surface area (Å²) in [5.41, 5.74) is 0. The summed E-state index contributed by atoms with van der Waals surface area (Å²) < 4.78 is 28.4. The van der Waals surface area contributed by atoms with Gasteiger partial charge in [0.1, 0.15) is 18.8 Å². The maximum absolute atomic E-state index is 13.2. The van der Waals surface area contributed by atoms with Crippen LogP contribution in [-0.2, 0) is 42.9 Å². The second-order valence-electron chi connectivity index (χ2n) is 21.6. The Bertz CT molecular complexity index is 1900. The molecule has 1 aliphatic rings. The van der Waals surface area contributed by atoms with Crippen LogP contribution >= 0.6 is 0 Å². The molecule has 6 atom stereocenters. The number of aliphatic hydroxyl groups excluding tert-OH is 2. The van der Waals surface area contributed by atoms with Crippen LogP contribution in [0.2, 0.25) is 0 Å². The van der Waals surface area contributed by atoms with Gasteiger partial charge in [-0.2, -0.15) is 0 Å². The molecule has 83 heavy (non-hydrogen) atoms. The molecule has 1 fully saturated rings. The topological polar surface area (TPSA) is 175 Å². The zero-order chi connectivity index (χ0) is 60.3. The summed E-state index contributed by atoms with van der Waals surface area (Å²) in [6.07, 6.45) is 67.3. The molecule has 3 N–H and O–H groups in total. The molecular formula is C71H114O12. The average Bonchev–Trinajstić information content (AvgIpc) is 3.59. The largest absolute Gasteiger partial charge is 0.479 e. The van der Waals surface area contributed by atoms with E-state index in [2.05, 4.69) is 130 Å². The smallest absolute Gasteiger partial charge is 0.335 e. The van der Waals surface area contributed by atoms with Crippen molar-refractivity contribution >= 4 is 23.9 Å². The van der Waals surface area contributed by atoms with Crippen molar-refractivity contribution < 1.29 is 58.2 Å². The first-order valence-corrected chi connectivity index (χ1v) is 32.5. The highest BCUT2D eigenvalue weighted by Gasteiger charge is 2.50. The Hall–Kier alpha value is -4.88. The molecule has 1 saturated heterocycles. The molecule has 0 bridgehead atoms. The van der Waals surface area contributed by atoms with Crippen LogP contribution in [0.3, 0.4) is 0 Å². The van der Waals surface area contributed by atoms with Crippen LogP contribution < -0.4 is 0 Å². The summed E-state index contributed by atoms with van der Waals surface area (Å²) in [4.78, 5) is 51.3. The maximum atomic E-state index is 13.2. The quantitative estimate of drug-likeness (QED) is 0.0228. The highest BCUT2D eigenvalue weighted by Crippen LogP contribution is 2.26. The van der Waals surface area contributed by atoms with E-state index >= 15 is 0 Å². The van der Waals surface area contributed by atoms with E-state index in [-0.39, 0.29) is 25.9 Å². The van der Waals surface area contributed by atoms with E-state index in [1.54, 1.807) is 0 Å². The van der Waals surface area contributed by atoms with Gasteiger partial charge < -0.3 is 39.0 Å². The second kappa shape index (κ2) is 57.5. The molecule has 470 valence electrons. The van der Waals surface area contributed by atoms with E-state index in [0.29, 0.717) is 25.7 Å². The molecule has 12 heteroatoms. The third-order valence-electron chi connectivity index (χ3n) is 14.0. The van der Waals surface area contributed by atoms with Crippen molar-refractivity contribution in [2.24, 2.45) is 0 Å². The van der Waals surface area contributed by atoms with Crippen molar-refractivity contribution in [3.63, 3.8) is 0 Å². The van der Waals surface area contributed by atoms with Gasteiger partial charge in [0.25, 0.3) is 0 Å². The van der Waals surface area contributed by atoms with Gasteiger partial charge in [0, 0.05) is 19.3 Å². The first-order chi connectivity index (χ1) is 40.6. The number of unbranched alkanes of at least 4 members (excludes halogenated alkanes) is 20. The van der Waals surface area contributed by atoms with Gasteiger partial charge in [0.15, 0.2) is 24.6 Å². The van der Waals surface area contributed by atoms with Crippen LogP contribution in [0.25, 0.3) is 0 Å². The first-order valence-electron chi connectivity index (χ1n) is 32.5. The maximum Gasteiger partial charge on any atom is 0.335 e. The highest BCUT2D eigenvalue weighted by molar-refractivity contribution is 5.74. The third kappa shape index (κ3) is 47.1. The summed E-state index contributed by atoms with van der Waals surface area (Å²) in [7, 11) is 0. The van der Waals surface area contributed by atoms with Gasteiger partial charge in [0.05, 0.1) is 6.61 Å². The number of aliphatic hydroxyl groups is 2. The number of esters is 3. The molecule has 0 aromatic carbocycles. The number of carbonyl (C=O) groups is 4. The lowest BCUT2D eigenvalue weighted by Crippen LogP contribution is -2.61. The Balaban J connectivity index is 2.72. The van der Waals surface area contributed by atoms with E-state index in [0.717, 1.165) is 103 Å². The summed E-state index contributed by atoms with van der Waals surface area (Å²) >= 11 is 0. The number of carbonyl (C=O) groups excluding carboxylic acids is 3. The van der Waals surface area contributed by atoms with Crippen LogP contribution in [-0.4, -0.2) is 89.2 Å². The Labute approximate surface area is 503 Å². The molecule has 1 heterocycles. The lowest BCUT2D eigenvalue weighted by molar-refractivity contribution is -0.301. The number of allylic oxidation sites excluding steroid dienone is 20. The van der Waals surface area contributed by atoms with E-state index < -0.39 is 67.3 Å². The summed E-state index contributed by atoms with van der Waals surface area (Å²) in [6, 6.07) is 0. The van der Waals surface area contributed by atoms with E-state index in [1.807, 2.05) is 12.2 Å². The normalized spacial score (nSPS) is 18.4. The molecule has 0 saturated carbocycles. The van der Waals surface area contributed by atoms with Crippen LogP contribution in [0.15, 0.2) is 122 Å². The first kappa shape index (κ1) is 76.1. The Morgan fingerprint density at radius 2 is 0.771 bits per heavy atom. The molecule has 1 rings (SSSR count). The second-order valence-corrected chi connectivity index (χ2v) is 21.6. The van der Waals surface area contributed by atoms with Crippen LogP contribution in [0.4, 0.5) is 0 Å². The number of carboxylic acid groups (broad SMARTS) is 1. The average molecular weight is 1160 g/mol. The molecule has 0 spiro atoms. The summed E-state index contributed by atoms with van der Waals surface area (Å²) in [6.45, 7) is 5.73. The predicted molar refractivity (Wildman–Crippen MR) is 340 cm³/mol. The van der Waals surface area contributed by atoms with Gasteiger partial charge in [-0.1, -0.05) is 251 Å². The van der Waals surface area contributed by atoms with Crippen molar-refractivity contribution in [2.75, 3.05) is 13.2 Å². The van der Waals surface area contributed by atoms with Crippen molar-refractivity contribution in [1.29, 1.82) is 0 Å². The SMILES string of the molecule is CC/C=C\C/C=C\C/C=C\C/C=C\C/C=C\CCCCCC(=O)OCC(COC1OC(C(=O)O)C(O)C(O)C1OC(=O)CCC/C=C\C/C=C\C/C=C\C/C=C\C/C=C\CC)OC(=O)CCCCCCCCCCCCCCCCCCC. The fraction of sp³-hybridized carbons (Fsp3) is 0.662. The van der Waals surface area contributed by atoms with Crippen LogP contribution in [0.5, 0.6) is 0 Å². The number of aliphatic carboxylic acids is 1. The monoisotopic (exact) mass is 1160 g/mol. The van der Waals surface area contributed by atoms with Gasteiger partial charge in [-0.15, -0.1) is 0 Å².